The first kappa shape index (κ1) is 16.8. The van der Waals surface area contributed by atoms with Gasteiger partial charge in [0.05, 0.1) is 29.9 Å². The van der Waals surface area contributed by atoms with Gasteiger partial charge in [0.25, 0.3) is 0 Å². The van der Waals surface area contributed by atoms with Gasteiger partial charge in [0.15, 0.2) is 0 Å². The highest BCUT2D eigenvalue weighted by Gasteiger charge is 2.13. The summed E-state index contributed by atoms with van der Waals surface area (Å²) in [7, 11) is 3.87. The van der Waals surface area contributed by atoms with Crippen molar-refractivity contribution in [3.05, 3.63) is 29.2 Å². The lowest BCUT2D eigenvalue weighted by Crippen LogP contribution is -2.29. The van der Waals surface area contributed by atoms with E-state index in [1.165, 1.54) is 10.4 Å². The van der Waals surface area contributed by atoms with Crippen LogP contribution in [-0.4, -0.2) is 56.5 Å². The van der Waals surface area contributed by atoms with E-state index < -0.39 is 6.10 Å². The highest BCUT2D eigenvalue weighted by atomic mass is 32.1. The van der Waals surface area contributed by atoms with Crippen LogP contribution in [0.1, 0.15) is 10.4 Å². The summed E-state index contributed by atoms with van der Waals surface area (Å²) in [5.74, 6) is 0.787. The molecule has 0 amide bonds. The number of likely N-dealkylation sites (N-methyl/N-ethyl adjacent to an activating group) is 1. The maximum Gasteiger partial charge on any atom is 0.142 e. The molecule has 3 aromatic heterocycles. The number of nitrogens with one attached hydrogen (secondary N) is 1. The number of anilines is 2. The van der Waals surface area contributed by atoms with Gasteiger partial charge in [0, 0.05) is 17.6 Å². The van der Waals surface area contributed by atoms with Crippen molar-refractivity contribution in [1.29, 1.82) is 0 Å². The average molecular weight is 346 g/mol. The second-order valence-electron chi connectivity index (χ2n) is 6.18. The molecule has 0 aliphatic rings. The highest BCUT2D eigenvalue weighted by molar-refractivity contribution is 7.18. The third-order valence-corrected chi connectivity index (χ3v) is 4.95. The van der Waals surface area contributed by atoms with Crippen LogP contribution in [0, 0.1) is 13.8 Å². The Kier molecular flexibility index (Phi) is 4.79. The predicted octanol–water partition coefficient (Wildman–Crippen LogP) is 2.17. The van der Waals surface area contributed by atoms with Crippen LogP contribution in [0.2, 0.25) is 0 Å². The number of aliphatic hydroxyl groups is 1. The van der Waals surface area contributed by atoms with Gasteiger partial charge in [-0.25, -0.2) is 9.97 Å². The van der Waals surface area contributed by atoms with E-state index >= 15 is 0 Å². The van der Waals surface area contributed by atoms with E-state index in [0.717, 1.165) is 21.7 Å². The Labute approximate surface area is 145 Å². The van der Waals surface area contributed by atoms with Crippen LogP contribution in [0.5, 0.6) is 0 Å². The predicted molar refractivity (Wildman–Crippen MR) is 97.0 cm³/mol. The zero-order valence-corrected chi connectivity index (χ0v) is 15.1. The second kappa shape index (κ2) is 6.84. The lowest BCUT2D eigenvalue weighted by Gasteiger charge is -2.15. The summed E-state index contributed by atoms with van der Waals surface area (Å²) in [4.78, 5) is 12.9. The molecular weight excluding hydrogens is 324 g/mol. The first-order valence-electron chi connectivity index (χ1n) is 7.77. The third-order valence-electron chi connectivity index (χ3n) is 3.84. The van der Waals surface area contributed by atoms with Gasteiger partial charge in [-0.2, -0.15) is 5.10 Å². The van der Waals surface area contributed by atoms with Crippen molar-refractivity contribution in [2.45, 2.75) is 26.5 Å². The van der Waals surface area contributed by atoms with Gasteiger partial charge in [-0.05, 0) is 33.5 Å². The molecule has 0 bridgehead atoms. The van der Waals surface area contributed by atoms with E-state index in [1.54, 1.807) is 28.5 Å². The van der Waals surface area contributed by atoms with E-state index in [-0.39, 0.29) is 0 Å². The first-order chi connectivity index (χ1) is 11.4. The van der Waals surface area contributed by atoms with Crippen molar-refractivity contribution in [3.8, 4) is 0 Å². The SMILES string of the molecule is Cc1sc2ncnc(Nc3cnn(CC(O)CN(C)C)c3)c2c1C. The van der Waals surface area contributed by atoms with Crippen LogP contribution in [0.4, 0.5) is 11.5 Å². The molecule has 0 saturated heterocycles. The molecule has 0 aliphatic heterocycles. The summed E-state index contributed by atoms with van der Waals surface area (Å²) in [6.45, 7) is 5.23. The van der Waals surface area contributed by atoms with E-state index in [9.17, 15) is 5.11 Å². The van der Waals surface area contributed by atoms with Gasteiger partial charge in [-0.3, -0.25) is 4.68 Å². The number of aryl methyl sites for hydroxylation is 2. The monoisotopic (exact) mass is 346 g/mol. The largest absolute Gasteiger partial charge is 0.390 e. The summed E-state index contributed by atoms with van der Waals surface area (Å²) in [5, 5.41) is 18.7. The molecule has 0 saturated carbocycles. The van der Waals surface area contributed by atoms with Crippen molar-refractivity contribution < 1.29 is 5.11 Å². The molecule has 24 heavy (non-hydrogen) atoms. The summed E-state index contributed by atoms with van der Waals surface area (Å²) < 4.78 is 1.74. The van der Waals surface area contributed by atoms with Crippen LogP contribution in [0.25, 0.3) is 10.2 Å². The van der Waals surface area contributed by atoms with Crippen molar-refractivity contribution in [3.63, 3.8) is 0 Å². The van der Waals surface area contributed by atoms with Gasteiger partial charge in [0.2, 0.25) is 0 Å². The van der Waals surface area contributed by atoms with Crippen molar-refractivity contribution in [2.75, 3.05) is 26.0 Å². The van der Waals surface area contributed by atoms with Crippen molar-refractivity contribution >= 4 is 33.1 Å². The number of fused-ring (bicyclic) bond motifs is 1. The quantitative estimate of drug-likeness (QED) is 0.712. The van der Waals surface area contributed by atoms with Crippen molar-refractivity contribution in [1.82, 2.24) is 24.6 Å². The minimum Gasteiger partial charge on any atom is -0.390 e. The molecule has 1 atom stereocenters. The second-order valence-corrected chi connectivity index (χ2v) is 7.38. The topological polar surface area (TPSA) is 79.1 Å². The molecule has 1 unspecified atom stereocenters. The molecule has 0 aliphatic carbocycles. The summed E-state index contributed by atoms with van der Waals surface area (Å²) in [6, 6.07) is 0. The van der Waals surface area contributed by atoms with E-state index in [4.69, 9.17) is 0 Å². The van der Waals surface area contributed by atoms with Gasteiger partial charge in [-0.1, -0.05) is 0 Å². The fraction of sp³-hybridized carbons (Fsp3) is 0.438. The molecule has 0 aromatic carbocycles. The van der Waals surface area contributed by atoms with Gasteiger partial charge in [0.1, 0.15) is 17.0 Å². The van der Waals surface area contributed by atoms with Crippen LogP contribution in [0.15, 0.2) is 18.7 Å². The first-order valence-corrected chi connectivity index (χ1v) is 8.58. The Morgan fingerprint density at radius 1 is 1.33 bits per heavy atom. The number of hydrogen-bond acceptors (Lipinski definition) is 7. The zero-order chi connectivity index (χ0) is 17.3. The molecule has 7 nitrogen and oxygen atoms in total. The number of thiophene rings is 1. The fourth-order valence-electron chi connectivity index (χ4n) is 2.64. The lowest BCUT2D eigenvalue weighted by atomic mass is 10.2. The summed E-state index contributed by atoms with van der Waals surface area (Å²) >= 11 is 1.67. The Bertz CT molecular complexity index is 840. The molecule has 0 spiro atoms. The Morgan fingerprint density at radius 2 is 2.12 bits per heavy atom. The molecule has 0 fully saturated rings. The Morgan fingerprint density at radius 3 is 2.88 bits per heavy atom. The Balaban J connectivity index is 1.78. The average Bonchev–Trinajstić information content (AvgIpc) is 3.04. The van der Waals surface area contributed by atoms with E-state index in [1.807, 2.05) is 25.2 Å². The van der Waals surface area contributed by atoms with Gasteiger partial charge < -0.3 is 15.3 Å². The minimum atomic E-state index is -0.458. The normalized spacial score (nSPS) is 12.9. The number of aliphatic hydroxyl groups excluding tert-OH is 1. The fourth-order valence-corrected chi connectivity index (χ4v) is 3.63. The van der Waals surface area contributed by atoms with Crippen LogP contribution >= 0.6 is 11.3 Å². The van der Waals surface area contributed by atoms with E-state index in [0.29, 0.717) is 13.1 Å². The van der Waals surface area contributed by atoms with Crippen LogP contribution in [0.3, 0.4) is 0 Å². The summed E-state index contributed by atoms with van der Waals surface area (Å²) in [5.41, 5.74) is 2.04. The van der Waals surface area contributed by atoms with Gasteiger partial charge >= 0.3 is 0 Å². The highest BCUT2D eigenvalue weighted by Crippen LogP contribution is 2.33. The van der Waals surface area contributed by atoms with Crippen LogP contribution < -0.4 is 5.32 Å². The number of aromatic nitrogens is 4. The number of hydrogen-bond donors (Lipinski definition) is 2. The Hall–Kier alpha value is -2.03. The maximum absolute atomic E-state index is 10.0. The lowest BCUT2D eigenvalue weighted by molar-refractivity contribution is 0.116. The molecule has 0 radical (unpaired) electrons. The molecule has 3 aromatic rings. The molecule has 3 heterocycles. The molecule has 8 heteroatoms. The summed E-state index contributed by atoms with van der Waals surface area (Å²) in [6.07, 6.45) is 4.73. The van der Waals surface area contributed by atoms with Crippen molar-refractivity contribution in [2.24, 2.45) is 0 Å². The zero-order valence-electron chi connectivity index (χ0n) is 14.3. The molecular formula is C16H22N6OS. The molecule has 2 N–H and O–H groups in total. The maximum atomic E-state index is 10.0. The van der Waals surface area contributed by atoms with Gasteiger partial charge in [-0.15, -0.1) is 11.3 Å². The van der Waals surface area contributed by atoms with E-state index in [2.05, 4.69) is 34.2 Å². The number of rotatable bonds is 6. The molecule has 3 rings (SSSR count). The minimum absolute atomic E-state index is 0.454. The van der Waals surface area contributed by atoms with Crippen LogP contribution in [-0.2, 0) is 6.54 Å². The molecule has 128 valence electrons. The number of nitrogens with zero attached hydrogens (tertiary/aromatic N) is 5. The standard InChI is InChI=1S/C16H22N6OS/c1-10-11(2)24-16-14(10)15(17-9-18-16)20-12-5-19-22(6-12)8-13(23)7-21(3)4/h5-6,9,13,23H,7-8H2,1-4H3,(H,17,18,20). The third kappa shape index (κ3) is 3.55. The smallest absolute Gasteiger partial charge is 0.142 e.